The maximum atomic E-state index is 10.8. The van der Waals surface area contributed by atoms with Crippen LogP contribution in [0.1, 0.15) is 10.5 Å². The molecule has 0 spiro atoms. The second-order valence-electron chi connectivity index (χ2n) is 4.49. The zero-order chi connectivity index (χ0) is 11.5. The summed E-state index contributed by atoms with van der Waals surface area (Å²) in [6, 6.07) is 0.451. The average molecular weight is 222 g/mol. The van der Waals surface area contributed by atoms with Crippen LogP contribution in [0.25, 0.3) is 0 Å². The molecule has 1 atom stereocenters. The van der Waals surface area contributed by atoms with Gasteiger partial charge in [0.2, 0.25) is 0 Å². The lowest BCUT2D eigenvalue weighted by molar-refractivity contribution is 0.101. The highest BCUT2D eigenvalue weighted by Gasteiger charge is 2.22. The molecule has 1 aliphatic heterocycles. The molecule has 2 rings (SSSR count). The first-order chi connectivity index (χ1) is 7.70. The fourth-order valence-corrected chi connectivity index (χ4v) is 2.11. The van der Waals surface area contributed by atoms with E-state index in [1.165, 1.54) is 0 Å². The predicted octanol–water partition coefficient (Wildman–Crippen LogP) is -0.0586. The first-order valence-corrected chi connectivity index (χ1v) is 5.55. The molecule has 0 saturated carbocycles. The van der Waals surface area contributed by atoms with Crippen molar-refractivity contribution in [2.24, 2.45) is 0 Å². The third-order valence-corrected chi connectivity index (χ3v) is 3.25. The van der Waals surface area contributed by atoms with Crippen molar-refractivity contribution < 1.29 is 4.79 Å². The van der Waals surface area contributed by atoms with E-state index in [1.807, 2.05) is 4.57 Å². The monoisotopic (exact) mass is 222 g/mol. The number of likely N-dealkylation sites (N-methyl/N-ethyl adjacent to an activating group) is 2. The maximum Gasteiger partial charge on any atom is 0.168 e. The third kappa shape index (κ3) is 2.31. The normalized spacial score (nSPS) is 23.5. The minimum atomic E-state index is 0.451. The van der Waals surface area contributed by atoms with Gasteiger partial charge in [0.15, 0.2) is 6.29 Å². The summed E-state index contributed by atoms with van der Waals surface area (Å²) >= 11 is 0. The molecule has 1 aliphatic rings. The minimum Gasteiger partial charge on any atom is -0.327 e. The molecule has 1 saturated heterocycles. The zero-order valence-electron chi connectivity index (χ0n) is 9.83. The summed E-state index contributed by atoms with van der Waals surface area (Å²) in [6.07, 6.45) is 4.20. The lowest BCUT2D eigenvalue weighted by Gasteiger charge is -2.37. The number of piperazine rings is 1. The van der Waals surface area contributed by atoms with Crippen LogP contribution in [0.5, 0.6) is 0 Å². The van der Waals surface area contributed by atoms with Gasteiger partial charge in [-0.2, -0.15) is 0 Å². The van der Waals surface area contributed by atoms with Crippen LogP contribution in [0, 0.1) is 0 Å². The van der Waals surface area contributed by atoms with Gasteiger partial charge in [-0.05, 0) is 14.1 Å². The van der Waals surface area contributed by atoms with Crippen molar-refractivity contribution in [3.63, 3.8) is 0 Å². The standard InChI is InChI=1S/C11H18N4O/c1-13-3-4-14(2)11(6-13)7-15-9-12-5-10(15)8-16/h5,8-9,11H,3-4,6-7H2,1-2H3. The van der Waals surface area contributed by atoms with Gasteiger partial charge in [-0.25, -0.2) is 4.98 Å². The molecule has 5 nitrogen and oxygen atoms in total. The highest BCUT2D eigenvalue weighted by Crippen LogP contribution is 2.09. The molecule has 0 amide bonds. The van der Waals surface area contributed by atoms with Crippen molar-refractivity contribution in [3.05, 3.63) is 18.2 Å². The summed E-state index contributed by atoms with van der Waals surface area (Å²) < 4.78 is 1.92. The van der Waals surface area contributed by atoms with Gasteiger partial charge in [0.1, 0.15) is 5.69 Å². The Bertz CT molecular complexity index is 363. The number of nitrogens with zero attached hydrogens (tertiary/aromatic N) is 4. The Labute approximate surface area is 95.7 Å². The van der Waals surface area contributed by atoms with Crippen molar-refractivity contribution in [2.45, 2.75) is 12.6 Å². The molecular formula is C11H18N4O. The third-order valence-electron chi connectivity index (χ3n) is 3.25. The van der Waals surface area contributed by atoms with Crippen LogP contribution >= 0.6 is 0 Å². The first-order valence-electron chi connectivity index (χ1n) is 5.55. The molecule has 0 radical (unpaired) electrons. The number of hydrogen-bond donors (Lipinski definition) is 0. The highest BCUT2D eigenvalue weighted by molar-refractivity contribution is 5.71. The van der Waals surface area contributed by atoms with Crippen molar-refractivity contribution in [1.29, 1.82) is 0 Å². The smallest absolute Gasteiger partial charge is 0.168 e. The van der Waals surface area contributed by atoms with E-state index >= 15 is 0 Å². The summed E-state index contributed by atoms with van der Waals surface area (Å²) in [5.41, 5.74) is 0.654. The molecule has 0 aliphatic carbocycles. The van der Waals surface area contributed by atoms with Crippen LogP contribution in [0.4, 0.5) is 0 Å². The Balaban J connectivity index is 2.05. The van der Waals surface area contributed by atoms with Gasteiger partial charge in [0, 0.05) is 32.2 Å². The molecule has 0 bridgehead atoms. The van der Waals surface area contributed by atoms with Gasteiger partial charge < -0.3 is 9.47 Å². The average Bonchev–Trinajstić information content (AvgIpc) is 2.71. The second kappa shape index (κ2) is 4.76. The van der Waals surface area contributed by atoms with Crippen molar-refractivity contribution >= 4 is 6.29 Å². The number of rotatable bonds is 3. The second-order valence-corrected chi connectivity index (χ2v) is 4.49. The number of aromatic nitrogens is 2. The summed E-state index contributed by atoms with van der Waals surface area (Å²) in [6.45, 7) is 4.05. The van der Waals surface area contributed by atoms with E-state index in [1.54, 1.807) is 12.5 Å². The maximum absolute atomic E-state index is 10.8. The molecule has 88 valence electrons. The SMILES string of the molecule is CN1CCN(C)C(Cn2cncc2C=O)C1. The van der Waals surface area contributed by atoms with Gasteiger partial charge in [-0.1, -0.05) is 0 Å². The van der Waals surface area contributed by atoms with Gasteiger partial charge >= 0.3 is 0 Å². The number of aldehydes is 1. The van der Waals surface area contributed by atoms with Crippen molar-refractivity contribution in [3.8, 4) is 0 Å². The number of carbonyl (C=O) groups is 1. The van der Waals surface area contributed by atoms with Crippen LogP contribution in [0.3, 0.4) is 0 Å². The van der Waals surface area contributed by atoms with Crippen molar-refractivity contribution in [2.75, 3.05) is 33.7 Å². The van der Waals surface area contributed by atoms with E-state index in [2.05, 4.69) is 28.9 Å². The fraction of sp³-hybridized carbons (Fsp3) is 0.636. The molecule has 1 unspecified atom stereocenters. The Hall–Kier alpha value is -1.20. The van der Waals surface area contributed by atoms with Gasteiger partial charge in [0.25, 0.3) is 0 Å². The summed E-state index contributed by atoms with van der Waals surface area (Å²) in [7, 11) is 4.27. The van der Waals surface area contributed by atoms with Gasteiger partial charge in [0.05, 0.1) is 12.5 Å². The Morgan fingerprint density at radius 1 is 1.50 bits per heavy atom. The molecule has 16 heavy (non-hydrogen) atoms. The molecule has 0 aromatic carbocycles. The highest BCUT2D eigenvalue weighted by atomic mass is 16.1. The summed E-state index contributed by atoms with van der Waals surface area (Å²) in [5, 5.41) is 0. The molecule has 5 heteroatoms. The topological polar surface area (TPSA) is 41.4 Å². The largest absolute Gasteiger partial charge is 0.327 e. The van der Waals surface area contributed by atoms with E-state index in [-0.39, 0.29) is 0 Å². The molecule has 2 heterocycles. The van der Waals surface area contributed by atoms with Crippen LogP contribution in [-0.2, 0) is 6.54 Å². The van der Waals surface area contributed by atoms with Crippen LogP contribution in [0.15, 0.2) is 12.5 Å². The van der Waals surface area contributed by atoms with Gasteiger partial charge in [-0.3, -0.25) is 9.69 Å². The Morgan fingerprint density at radius 3 is 3.06 bits per heavy atom. The predicted molar refractivity (Wildman–Crippen MR) is 61.5 cm³/mol. The van der Waals surface area contributed by atoms with E-state index in [4.69, 9.17) is 0 Å². The summed E-state index contributed by atoms with van der Waals surface area (Å²) in [5.74, 6) is 0. The number of imidazole rings is 1. The molecule has 1 aromatic heterocycles. The first kappa shape index (κ1) is 11.3. The van der Waals surface area contributed by atoms with Gasteiger partial charge in [-0.15, -0.1) is 0 Å². The van der Waals surface area contributed by atoms with Crippen LogP contribution < -0.4 is 0 Å². The minimum absolute atomic E-state index is 0.451. The Kier molecular flexibility index (Phi) is 3.36. The van der Waals surface area contributed by atoms with Crippen molar-refractivity contribution in [1.82, 2.24) is 19.4 Å². The lowest BCUT2D eigenvalue weighted by atomic mass is 10.2. The van der Waals surface area contributed by atoms with E-state index in [0.717, 1.165) is 32.5 Å². The van der Waals surface area contributed by atoms with E-state index in [9.17, 15) is 4.79 Å². The Morgan fingerprint density at radius 2 is 2.31 bits per heavy atom. The molecule has 1 aromatic rings. The van der Waals surface area contributed by atoms with E-state index < -0.39 is 0 Å². The molecular weight excluding hydrogens is 204 g/mol. The van der Waals surface area contributed by atoms with E-state index in [0.29, 0.717) is 11.7 Å². The number of hydrogen-bond acceptors (Lipinski definition) is 4. The van der Waals surface area contributed by atoms with Crippen LogP contribution in [-0.4, -0.2) is 65.4 Å². The quantitative estimate of drug-likeness (QED) is 0.672. The lowest BCUT2D eigenvalue weighted by Crippen LogP contribution is -2.51. The molecule has 0 N–H and O–H groups in total. The molecule has 1 fully saturated rings. The fourth-order valence-electron chi connectivity index (χ4n) is 2.11. The summed E-state index contributed by atoms with van der Waals surface area (Å²) in [4.78, 5) is 19.5. The zero-order valence-corrected chi connectivity index (χ0v) is 9.83. The number of carbonyl (C=O) groups excluding carboxylic acids is 1. The van der Waals surface area contributed by atoms with Crippen LogP contribution in [0.2, 0.25) is 0 Å².